The van der Waals surface area contributed by atoms with Crippen LogP contribution in [0.5, 0.6) is 0 Å². The molecule has 9 heteroatoms. The molecule has 3 amide bonds. The molecule has 0 aromatic rings. The predicted molar refractivity (Wildman–Crippen MR) is 74.1 cm³/mol. The van der Waals surface area contributed by atoms with Gasteiger partial charge in [-0.1, -0.05) is 0 Å². The molecular weight excluding hydrogens is 280 g/mol. The summed E-state index contributed by atoms with van der Waals surface area (Å²) in [5.41, 5.74) is 5.35. The van der Waals surface area contributed by atoms with Crippen molar-refractivity contribution in [3.8, 4) is 0 Å². The third-order valence-corrected chi connectivity index (χ3v) is 2.65. The number of nitrogens with two attached hydrogens (primary N) is 1. The van der Waals surface area contributed by atoms with Crippen molar-refractivity contribution in [1.29, 1.82) is 0 Å². The first-order valence-corrected chi connectivity index (χ1v) is 6.45. The third-order valence-electron chi connectivity index (χ3n) is 2.65. The Bertz CT molecular complexity index is 424. The van der Waals surface area contributed by atoms with Crippen LogP contribution in [0.4, 0.5) is 0 Å². The average molecular weight is 302 g/mol. The number of hydrogen-bond donors (Lipinski definition) is 5. The summed E-state index contributed by atoms with van der Waals surface area (Å²) in [4.78, 5) is 45.4. The fraction of sp³-hybridized carbons (Fsp3) is 0.667. The van der Waals surface area contributed by atoms with E-state index in [2.05, 4.69) is 16.0 Å². The molecule has 0 fully saturated rings. The molecule has 0 bridgehead atoms. The Morgan fingerprint density at radius 2 is 1.10 bits per heavy atom. The van der Waals surface area contributed by atoms with Crippen molar-refractivity contribution in [2.24, 2.45) is 5.73 Å². The van der Waals surface area contributed by atoms with Crippen molar-refractivity contribution in [3.63, 3.8) is 0 Å². The van der Waals surface area contributed by atoms with Crippen LogP contribution in [0.3, 0.4) is 0 Å². The fourth-order valence-electron chi connectivity index (χ4n) is 1.21. The van der Waals surface area contributed by atoms with E-state index in [0.29, 0.717) is 0 Å². The zero-order valence-corrected chi connectivity index (χ0v) is 12.5. The van der Waals surface area contributed by atoms with E-state index in [-0.39, 0.29) is 0 Å². The second kappa shape index (κ2) is 8.20. The van der Waals surface area contributed by atoms with Crippen LogP contribution in [0, 0.1) is 0 Å². The highest BCUT2D eigenvalue weighted by molar-refractivity contribution is 5.93. The van der Waals surface area contributed by atoms with Gasteiger partial charge in [0, 0.05) is 0 Å². The molecule has 9 nitrogen and oxygen atoms in total. The number of rotatable bonds is 7. The topological polar surface area (TPSA) is 151 Å². The molecule has 0 aliphatic heterocycles. The van der Waals surface area contributed by atoms with Crippen molar-refractivity contribution in [2.75, 3.05) is 0 Å². The summed E-state index contributed by atoms with van der Waals surface area (Å²) in [6.07, 6.45) is 0. The molecule has 0 heterocycles. The van der Waals surface area contributed by atoms with E-state index < -0.39 is 47.9 Å². The highest BCUT2D eigenvalue weighted by Gasteiger charge is 2.23. The Balaban J connectivity index is 4.40. The first kappa shape index (κ1) is 18.8. The standard InChI is InChI=1S/C12H22N4O5/c1-5(13)9(17)14-6(2)10(18)15-7(3)11(19)16-8(4)12(20)21/h5-8H,13H2,1-4H3,(H,14,17)(H,15,18)(H,16,19)(H,20,21)/t5-,6-,7+,8-/m0/s1. The number of carbonyl (C=O) groups is 4. The summed E-state index contributed by atoms with van der Waals surface area (Å²) in [5.74, 6) is -2.88. The van der Waals surface area contributed by atoms with Gasteiger partial charge in [-0.25, -0.2) is 0 Å². The number of carbonyl (C=O) groups excluding carboxylic acids is 3. The summed E-state index contributed by atoms with van der Waals surface area (Å²) < 4.78 is 0. The fourth-order valence-corrected chi connectivity index (χ4v) is 1.21. The molecule has 0 aromatic carbocycles. The zero-order valence-electron chi connectivity index (χ0n) is 12.5. The smallest absolute Gasteiger partial charge is 0.325 e. The molecule has 0 radical (unpaired) electrons. The van der Waals surface area contributed by atoms with Crippen LogP contribution >= 0.6 is 0 Å². The number of hydrogen-bond acceptors (Lipinski definition) is 5. The van der Waals surface area contributed by atoms with Gasteiger partial charge in [-0.15, -0.1) is 0 Å². The first-order valence-electron chi connectivity index (χ1n) is 6.45. The van der Waals surface area contributed by atoms with Crippen LogP contribution in [0.15, 0.2) is 0 Å². The van der Waals surface area contributed by atoms with E-state index >= 15 is 0 Å². The monoisotopic (exact) mass is 302 g/mol. The van der Waals surface area contributed by atoms with E-state index in [9.17, 15) is 19.2 Å². The third kappa shape index (κ3) is 6.70. The minimum atomic E-state index is -1.18. The Morgan fingerprint density at radius 1 is 0.762 bits per heavy atom. The highest BCUT2D eigenvalue weighted by Crippen LogP contribution is 1.91. The zero-order chi connectivity index (χ0) is 16.7. The molecule has 0 saturated carbocycles. The molecule has 0 aliphatic carbocycles. The minimum absolute atomic E-state index is 0.491. The highest BCUT2D eigenvalue weighted by atomic mass is 16.4. The Labute approximate surface area is 122 Å². The van der Waals surface area contributed by atoms with Crippen LogP contribution in [-0.2, 0) is 19.2 Å². The average Bonchev–Trinajstić information content (AvgIpc) is 2.37. The second-order valence-electron chi connectivity index (χ2n) is 4.82. The van der Waals surface area contributed by atoms with Gasteiger partial charge in [0.05, 0.1) is 6.04 Å². The van der Waals surface area contributed by atoms with Gasteiger partial charge < -0.3 is 26.8 Å². The lowest BCUT2D eigenvalue weighted by atomic mass is 10.2. The Morgan fingerprint density at radius 3 is 1.43 bits per heavy atom. The van der Waals surface area contributed by atoms with Crippen LogP contribution in [-0.4, -0.2) is 53.0 Å². The SMILES string of the molecule is C[C@H](N)C(=O)N[C@@H](C)C(=O)N[C@H](C)C(=O)N[C@@H](C)C(=O)O. The van der Waals surface area contributed by atoms with Gasteiger partial charge in [0.15, 0.2) is 0 Å². The van der Waals surface area contributed by atoms with Gasteiger partial charge in [0.2, 0.25) is 17.7 Å². The lowest BCUT2D eigenvalue weighted by Gasteiger charge is -2.19. The van der Waals surface area contributed by atoms with E-state index in [4.69, 9.17) is 10.8 Å². The number of nitrogens with one attached hydrogen (secondary N) is 3. The molecule has 4 atom stereocenters. The van der Waals surface area contributed by atoms with Gasteiger partial charge in [-0.3, -0.25) is 19.2 Å². The molecule has 0 saturated heterocycles. The Hall–Kier alpha value is -2.16. The van der Waals surface area contributed by atoms with E-state index in [1.165, 1.54) is 27.7 Å². The van der Waals surface area contributed by atoms with E-state index in [1.54, 1.807) is 0 Å². The van der Waals surface area contributed by atoms with Crippen molar-refractivity contribution >= 4 is 23.7 Å². The van der Waals surface area contributed by atoms with Crippen molar-refractivity contribution in [1.82, 2.24) is 16.0 Å². The number of aliphatic carboxylic acids is 1. The maximum atomic E-state index is 11.8. The quantitative estimate of drug-likeness (QED) is 0.364. The van der Waals surface area contributed by atoms with Gasteiger partial charge in [0.25, 0.3) is 0 Å². The normalized spacial score (nSPS) is 16.0. The van der Waals surface area contributed by atoms with Gasteiger partial charge in [-0.05, 0) is 27.7 Å². The van der Waals surface area contributed by atoms with E-state index in [0.717, 1.165) is 0 Å². The van der Waals surface area contributed by atoms with Gasteiger partial charge in [0.1, 0.15) is 18.1 Å². The lowest BCUT2D eigenvalue weighted by Crippen LogP contribution is -2.54. The largest absolute Gasteiger partial charge is 0.480 e. The summed E-state index contributed by atoms with van der Waals surface area (Å²) in [7, 11) is 0. The first-order chi connectivity index (χ1) is 9.56. The summed E-state index contributed by atoms with van der Waals surface area (Å²) in [6.45, 7) is 5.63. The van der Waals surface area contributed by atoms with Gasteiger partial charge >= 0.3 is 5.97 Å². The van der Waals surface area contributed by atoms with Crippen LogP contribution < -0.4 is 21.7 Å². The van der Waals surface area contributed by atoms with Crippen molar-refractivity contribution in [3.05, 3.63) is 0 Å². The summed E-state index contributed by atoms with van der Waals surface area (Å²) >= 11 is 0. The maximum Gasteiger partial charge on any atom is 0.325 e. The molecule has 0 spiro atoms. The van der Waals surface area contributed by atoms with Crippen LogP contribution in [0.1, 0.15) is 27.7 Å². The minimum Gasteiger partial charge on any atom is -0.480 e. The molecule has 120 valence electrons. The number of carboxylic acids is 1. The van der Waals surface area contributed by atoms with Crippen LogP contribution in [0.25, 0.3) is 0 Å². The van der Waals surface area contributed by atoms with Crippen molar-refractivity contribution in [2.45, 2.75) is 51.9 Å². The number of amides is 3. The second-order valence-corrected chi connectivity index (χ2v) is 4.82. The molecule has 6 N–H and O–H groups in total. The number of carboxylic acid groups (broad SMARTS) is 1. The molecule has 0 aliphatic rings. The Kier molecular flexibility index (Phi) is 7.36. The molecule has 0 aromatic heterocycles. The van der Waals surface area contributed by atoms with E-state index in [1.807, 2.05) is 0 Å². The van der Waals surface area contributed by atoms with Gasteiger partial charge in [-0.2, -0.15) is 0 Å². The predicted octanol–water partition coefficient (Wildman–Crippen LogP) is -2.07. The van der Waals surface area contributed by atoms with Crippen molar-refractivity contribution < 1.29 is 24.3 Å². The lowest BCUT2D eigenvalue weighted by molar-refractivity contribution is -0.141. The maximum absolute atomic E-state index is 11.8. The molecular formula is C12H22N4O5. The van der Waals surface area contributed by atoms with Crippen LogP contribution in [0.2, 0.25) is 0 Å². The summed E-state index contributed by atoms with van der Waals surface area (Å²) in [5, 5.41) is 15.6. The molecule has 0 rings (SSSR count). The molecule has 0 unspecified atom stereocenters. The molecule has 21 heavy (non-hydrogen) atoms. The summed E-state index contributed by atoms with van der Waals surface area (Å²) in [6, 6.07) is -3.62.